The van der Waals surface area contributed by atoms with Crippen LogP contribution in [0.1, 0.15) is 38.8 Å². The summed E-state index contributed by atoms with van der Waals surface area (Å²) in [5.41, 5.74) is 12.3. The summed E-state index contributed by atoms with van der Waals surface area (Å²) in [4.78, 5) is 0. The van der Waals surface area contributed by atoms with Crippen molar-refractivity contribution < 1.29 is 5.11 Å². The average Bonchev–Trinajstić information content (AvgIpc) is 1.99. The van der Waals surface area contributed by atoms with Gasteiger partial charge in [-0.25, -0.2) is 0 Å². The molecule has 0 saturated carbocycles. The average molecular weight is 208 g/mol. The highest BCUT2D eigenvalue weighted by Gasteiger charge is 2.25. The van der Waals surface area contributed by atoms with Crippen LogP contribution < -0.4 is 11.5 Å². The van der Waals surface area contributed by atoms with Crippen LogP contribution in [0.25, 0.3) is 0 Å². The molecule has 5 N–H and O–H groups in total. The fourth-order valence-corrected chi connectivity index (χ4v) is 1.58. The van der Waals surface area contributed by atoms with Gasteiger partial charge in [-0.05, 0) is 27.7 Å². The van der Waals surface area contributed by atoms with E-state index in [9.17, 15) is 5.11 Å². The van der Waals surface area contributed by atoms with Crippen molar-refractivity contribution in [3.8, 4) is 5.75 Å². The summed E-state index contributed by atoms with van der Waals surface area (Å²) in [6, 6.07) is 5.52. The molecule has 0 aliphatic rings. The van der Waals surface area contributed by atoms with Crippen LogP contribution >= 0.6 is 0 Å². The molecule has 0 aliphatic carbocycles. The molecule has 1 rings (SSSR count). The first-order chi connectivity index (χ1) is 6.64. The second-order valence-electron chi connectivity index (χ2n) is 5.15. The first kappa shape index (κ1) is 12.0. The lowest BCUT2D eigenvalue weighted by Gasteiger charge is -2.26. The van der Waals surface area contributed by atoms with Gasteiger partial charge in [-0.15, -0.1) is 0 Å². The van der Waals surface area contributed by atoms with E-state index in [1.807, 2.05) is 45.9 Å². The fraction of sp³-hybridized carbons (Fsp3) is 0.500. The van der Waals surface area contributed by atoms with Gasteiger partial charge in [-0.2, -0.15) is 0 Å². The Morgan fingerprint density at radius 3 is 1.53 bits per heavy atom. The Balaban J connectivity index is 3.37. The van der Waals surface area contributed by atoms with E-state index >= 15 is 0 Å². The summed E-state index contributed by atoms with van der Waals surface area (Å²) >= 11 is 0. The molecule has 0 radical (unpaired) electrons. The third kappa shape index (κ3) is 2.49. The number of nitrogens with two attached hydrogens (primary N) is 2. The molecule has 0 atom stereocenters. The molecule has 0 aromatic heterocycles. The summed E-state index contributed by atoms with van der Waals surface area (Å²) in [7, 11) is 0. The zero-order chi connectivity index (χ0) is 11.9. The molecule has 1 aromatic rings. The zero-order valence-corrected chi connectivity index (χ0v) is 9.83. The Morgan fingerprint density at radius 1 is 0.933 bits per heavy atom. The maximum atomic E-state index is 10.1. The molecule has 0 fully saturated rings. The number of aromatic hydroxyl groups is 1. The van der Waals surface area contributed by atoms with Crippen molar-refractivity contribution in [1.82, 2.24) is 0 Å². The maximum Gasteiger partial charge on any atom is 0.125 e. The molecule has 0 bridgehead atoms. The zero-order valence-electron chi connectivity index (χ0n) is 9.83. The number of benzene rings is 1. The van der Waals surface area contributed by atoms with Gasteiger partial charge >= 0.3 is 0 Å². The lowest BCUT2D eigenvalue weighted by atomic mass is 9.87. The van der Waals surface area contributed by atoms with Crippen LogP contribution in [0.2, 0.25) is 0 Å². The van der Waals surface area contributed by atoms with Gasteiger partial charge < -0.3 is 16.6 Å². The lowest BCUT2D eigenvalue weighted by Crippen LogP contribution is -2.32. The molecule has 0 spiro atoms. The van der Waals surface area contributed by atoms with Crippen molar-refractivity contribution in [3.63, 3.8) is 0 Å². The van der Waals surface area contributed by atoms with Crippen LogP contribution in [-0.4, -0.2) is 5.11 Å². The second-order valence-corrected chi connectivity index (χ2v) is 5.15. The SMILES string of the molecule is CC(C)(N)c1cccc(C(C)(C)N)c1O. The van der Waals surface area contributed by atoms with Crippen LogP contribution in [0.4, 0.5) is 0 Å². The quantitative estimate of drug-likeness (QED) is 0.693. The molecule has 0 amide bonds. The number of rotatable bonds is 2. The van der Waals surface area contributed by atoms with Gasteiger partial charge in [0.1, 0.15) is 5.75 Å². The Hall–Kier alpha value is -1.06. The summed E-state index contributed by atoms with van der Waals surface area (Å²) in [5.74, 6) is 0.206. The van der Waals surface area contributed by atoms with Gasteiger partial charge in [0.05, 0.1) is 0 Å². The Labute approximate surface area is 91.1 Å². The minimum absolute atomic E-state index is 0.206. The fourth-order valence-electron chi connectivity index (χ4n) is 1.58. The van der Waals surface area contributed by atoms with E-state index in [-0.39, 0.29) is 5.75 Å². The predicted molar refractivity (Wildman–Crippen MR) is 62.5 cm³/mol. The smallest absolute Gasteiger partial charge is 0.125 e. The van der Waals surface area contributed by atoms with E-state index in [0.717, 1.165) is 11.1 Å². The molecule has 1 aromatic carbocycles. The van der Waals surface area contributed by atoms with Crippen LogP contribution in [0.5, 0.6) is 5.75 Å². The maximum absolute atomic E-state index is 10.1. The predicted octanol–water partition coefficient (Wildman–Crippen LogP) is 1.78. The minimum Gasteiger partial charge on any atom is -0.507 e. The molecule has 0 unspecified atom stereocenters. The molecule has 3 nitrogen and oxygen atoms in total. The van der Waals surface area contributed by atoms with Gasteiger partial charge in [-0.3, -0.25) is 0 Å². The highest BCUT2D eigenvalue weighted by Crippen LogP contribution is 2.34. The van der Waals surface area contributed by atoms with Gasteiger partial charge in [0.2, 0.25) is 0 Å². The number of hydrogen-bond acceptors (Lipinski definition) is 3. The van der Waals surface area contributed by atoms with E-state index in [1.54, 1.807) is 0 Å². The van der Waals surface area contributed by atoms with E-state index in [4.69, 9.17) is 11.5 Å². The van der Waals surface area contributed by atoms with Crippen molar-refractivity contribution in [1.29, 1.82) is 0 Å². The van der Waals surface area contributed by atoms with Crippen LogP contribution in [0.15, 0.2) is 18.2 Å². The first-order valence-electron chi connectivity index (χ1n) is 5.04. The van der Waals surface area contributed by atoms with Crippen molar-refractivity contribution in [3.05, 3.63) is 29.3 Å². The van der Waals surface area contributed by atoms with E-state index in [0.29, 0.717) is 0 Å². The third-order valence-electron chi connectivity index (χ3n) is 2.42. The molecular weight excluding hydrogens is 188 g/mol. The van der Waals surface area contributed by atoms with Crippen molar-refractivity contribution >= 4 is 0 Å². The molecule has 0 saturated heterocycles. The second kappa shape index (κ2) is 3.51. The van der Waals surface area contributed by atoms with Gasteiger partial charge in [-0.1, -0.05) is 18.2 Å². The first-order valence-corrected chi connectivity index (χ1v) is 5.04. The number of phenols is 1. The highest BCUT2D eigenvalue weighted by atomic mass is 16.3. The van der Waals surface area contributed by atoms with Crippen molar-refractivity contribution in [2.75, 3.05) is 0 Å². The normalized spacial score (nSPS) is 12.9. The summed E-state index contributed by atoms with van der Waals surface area (Å²) in [5, 5.41) is 10.1. The summed E-state index contributed by atoms with van der Waals surface area (Å²) in [6.07, 6.45) is 0. The topological polar surface area (TPSA) is 72.3 Å². The standard InChI is InChI=1S/C12H20N2O/c1-11(2,13)8-6-5-7-9(10(8)15)12(3,4)14/h5-7,15H,13-14H2,1-4H3. The Morgan fingerprint density at radius 2 is 1.27 bits per heavy atom. The molecule has 0 aliphatic heterocycles. The summed E-state index contributed by atoms with van der Waals surface area (Å²) in [6.45, 7) is 7.43. The van der Waals surface area contributed by atoms with E-state index < -0.39 is 11.1 Å². The van der Waals surface area contributed by atoms with Crippen LogP contribution in [-0.2, 0) is 11.1 Å². The Bertz CT molecular complexity index is 327. The molecule has 3 heteroatoms. The van der Waals surface area contributed by atoms with Crippen LogP contribution in [0.3, 0.4) is 0 Å². The van der Waals surface area contributed by atoms with Gasteiger partial charge in [0.15, 0.2) is 0 Å². The van der Waals surface area contributed by atoms with Crippen LogP contribution in [0, 0.1) is 0 Å². The third-order valence-corrected chi connectivity index (χ3v) is 2.42. The largest absolute Gasteiger partial charge is 0.507 e. The summed E-state index contributed by atoms with van der Waals surface area (Å²) < 4.78 is 0. The molecule has 15 heavy (non-hydrogen) atoms. The van der Waals surface area contributed by atoms with E-state index in [2.05, 4.69) is 0 Å². The van der Waals surface area contributed by atoms with Gasteiger partial charge in [0.25, 0.3) is 0 Å². The number of para-hydroxylation sites is 1. The Kier molecular flexibility index (Phi) is 2.81. The number of hydrogen-bond donors (Lipinski definition) is 3. The monoisotopic (exact) mass is 208 g/mol. The van der Waals surface area contributed by atoms with E-state index in [1.165, 1.54) is 0 Å². The minimum atomic E-state index is -0.564. The molecule has 84 valence electrons. The number of phenolic OH excluding ortho intramolecular Hbond substituents is 1. The lowest BCUT2D eigenvalue weighted by molar-refractivity contribution is 0.414. The molecule has 0 heterocycles. The molecular formula is C12H20N2O. The van der Waals surface area contributed by atoms with Gasteiger partial charge in [0, 0.05) is 22.2 Å². The highest BCUT2D eigenvalue weighted by molar-refractivity contribution is 5.46. The van der Waals surface area contributed by atoms with Crippen molar-refractivity contribution in [2.24, 2.45) is 11.5 Å². The van der Waals surface area contributed by atoms with Crippen molar-refractivity contribution in [2.45, 2.75) is 38.8 Å².